The standard InChI is InChI=1S/C28H25N5O4/c1-17(2)33-26-23(16-29-33)22(15-24(32-26)25-5-4-14-37-25)28(35)31-19-8-6-18(7-9-19)27(34)30-20-10-12-21(36-3)13-11-20/h4-17H,1-3H3,(H,30,34)(H,31,35). The molecule has 5 aromatic rings. The van der Waals surface area contributed by atoms with Crippen LogP contribution in [0.25, 0.3) is 22.5 Å². The van der Waals surface area contributed by atoms with Gasteiger partial charge in [0.2, 0.25) is 0 Å². The quantitative estimate of drug-likeness (QED) is 0.296. The van der Waals surface area contributed by atoms with Gasteiger partial charge in [0.1, 0.15) is 11.4 Å². The summed E-state index contributed by atoms with van der Waals surface area (Å²) in [5.41, 5.74) is 3.21. The minimum atomic E-state index is -0.320. The minimum Gasteiger partial charge on any atom is -0.497 e. The van der Waals surface area contributed by atoms with Crippen molar-refractivity contribution in [2.45, 2.75) is 19.9 Å². The maximum Gasteiger partial charge on any atom is 0.256 e. The number of ether oxygens (including phenoxy) is 1. The van der Waals surface area contributed by atoms with E-state index in [-0.39, 0.29) is 17.9 Å². The molecular formula is C28H25N5O4. The normalized spacial score (nSPS) is 11.0. The Kier molecular flexibility index (Phi) is 6.42. The lowest BCUT2D eigenvalue weighted by atomic mass is 10.1. The van der Waals surface area contributed by atoms with Crippen molar-refractivity contribution in [3.05, 3.63) is 90.3 Å². The van der Waals surface area contributed by atoms with Crippen molar-refractivity contribution in [1.82, 2.24) is 14.8 Å². The smallest absolute Gasteiger partial charge is 0.256 e. The van der Waals surface area contributed by atoms with Gasteiger partial charge in [-0.3, -0.25) is 9.59 Å². The average molecular weight is 496 g/mol. The molecule has 0 aliphatic heterocycles. The van der Waals surface area contributed by atoms with Crippen molar-refractivity contribution in [2.75, 3.05) is 17.7 Å². The number of pyridine rings is 1. The van der Waals surface area contributed by atoms with Crippen molar-refractivity contribution >= 4 is 34.2 Å². The summed E-state index contributed by atoms with van der Waals surface area (Å²) in [5.74, 6) is 0.680. The summed E-state index contributed by atoms with van der Waals surface area (Å²) in [4.78, 5) is 30.7. The van der Waals surface area contributed by atoms with Crippen LogP contribution < -0.4 is 15.4 Å². The Morgan fingerprint density at radius 1 is 0.946 bits per heavy atom. The number of fused-ring (bicyclic) bond motifs is 1. The number of amides is 2. The highest BCUT2D eigenvalue weighted by molar-refractivity contribution is 6.13. The lowest BCUT2D eigenvalue weighted by molar-refractivity contribution is 0.102. The highest BCUT2D eigenvalue weighted by Gasteiger charge is 2.20. The maximum absolute atomic E-state index is 13.3. The van der Waals surface area contributed by atoms with Gasteiger partial charge < -0.3 is 19.8 Å². The third-order valence-electron chi connectivity index (χ3n) is 5.83. The van der Waals surface area contributed by atoms with Crippen molar-refractivity contribution < 1.29 is 18.7 Å². The van der Waals surface area contributed by atoms with Gasteiger partial charge >= 0.3 is 0 Å². The van der Waals surface area contributed by atoms with Gasteiger partial charge in [-0.2, -0.15) is 5.10 Å². The molecule has 0 spiro atoms. The number of nitrogens with one attached hydrogen (secondary N) is 2. The van der Waals surface area contributed by atoms with E-state index in [1.807, 2.05) is 13.8 Å². The lowest BCUT2D eigenvalue weighted by Crippen LogP contribution is -2.14. The molecule has 0 radical (unpaired) electrons. The van der Waals surface area contributed by atoms with E-state index in [0.717, 1.165) is 0 Å². The zero-order valence-corrected chi connectivity index (χ0v) is 20.6. The predicted molar refractivity (Wildman–Crippen MR) is 141 cm³/mol. The summed E-state index contributed by atoms with van der Waals surface area (Å²) in [7, 11) is 1.59. The third kappa shape index (κ3) is 4.92. The van der Waals surface area contributed by atoms with Crippen LogP contribution >= 0.6 is 0 Å². The number of benzene rings is 2. The van der Waals surface area contributed by atoms with Crippen LogP contribution in [-0.2, 0) is 0 Å². The zero-order chi connectivity index (χ0) is 25.9. The lowest BCUT2D eigenvalue weighted by Gasteiger charge is -2.11. The Hall–Kier alpha value is -4.92. The molecule has 0 aliphatic rings. The van der Waals surface area contributed by atoms with Crippen LogP contribution in [0, 0.1) is 0 Å². The first-order chi connectivity index (χ1) is 17.9. The molecule has 0 atom stereocenters. The van der Waals surface area contributed by atoms with Crippen molar-refractivity contribution in [1.29, 1.82) is 0 Å². The van der Waals surface area contributed by atoms with E-state index >= 15 is 0 Å². The van der Waals surface area contributed by atoms with Crippen LogP contribution in [0.3, 0.4) is 0 Å². The van der Waals surface area contributed by atoms with Gasteiger partial charge in [-0.1, -0.05) is 0 Å². The Morgan fingerprint density at radius 3 is 2.24 bits per heavy atom. The number of hydrogen-bond donors (Lipinski definition) is 2. The van der Waals surface area contributed by atoms with E-state index in [2.05, 4.69) is 15.7 Å². The Morgan fingerprint density at radius 2 is 1.62 bits per heavy atom. The number of carbonyl (C=O) groups excluding carboxylic acids is 2. The molecule has 37 heavy (non-hydrogen) atoms. The fourth-order valence-corrected chi connectivity index (χ4v) is 3.92. The number of hydrogen-bond acceptors (Lipinski definition) is 6. The summed E-state index contributed by atoms with van der Waals surface area (Å²) >= 11 is 0. The number of furan rings is 1. The third-order valence-corrected chi connectivity index (χ3v) is 5.83. The van der Waals surface area contributed by atoms with Crippen LogP contribution in [0.15, 0.2) is 83.6 Å². The van der Waals surface area contributed by atoms with Crippen LogP contribution in [0.2, 0.25) is 0 Å². The van der Waals surface area contributed by atoms with Crippen LogP contribution in [-0.4, -0.2) is 33.7 Å². The molecular weight excluding hydrogens is 470 g/mol. The summed E-state index contributed by atoms with van der Waals surface area (Å²) in [5, 5.41) is 10.8. The molecule has 0 fully saturated rings. The molecule has 3 aromatic heterocycles. The molecule has 9 heteroatoms. The van der Waals surface area contributed by atoms with E-state index in [1.165, 1.54) is 0 Å². The first-order valence-electron chi connectivity index (χ1n) is 11.7. The highest BCUT2D eigenvalue weighted by Crippen LogP contribution is 2.27. The van der Waals surface area contributed by atoms with Crippen molar-refractivity contribution in [2.24, 2.45) is 0 Å². The van der Waals surface area contributed by atoms with Gasteiger partial charge in [0.15, 0.2) is 11.4 Å². The van der Waals surface area contributed by atoms with Crippen molar-refractivity contribution in [3.63, 3.8) is 0 Å². The van der Waals surface area contributed by atoms with Gasteiger partial charge in [-0.15, -0.1) is 0 Å². The van der Waals surface area contributed by atoms with Gasteiger partial charge in [0, 0.05) is 23.0 Å². The average Bonchev–Trinajstić information content (AvgIpc) is 3.59. The molecule has 0 unspecified atom stereocenters. The molecule has 5 rings (SSSR count). The Balaban J connectivity index is 1.37. The largest absolute Gasteiger partial charge is 0.497 e. The summed E-state index contributed by atoms with van der Waals surface area (Å²) < 4.78 is 12.4. The second-order valence-electron chi connectivity index (χ2n) is 8.67. The SMILES string of the molecule is COc1ccc(NC(=O)c2ccc(NC(=O)c3cc(-c4ccco4)nc4c3cnn4C(C)C)cc2)cc1. The zero-order valence-electron chi connectivity index (χ0n) is 20.6. The predicted octanol–water partition coefficient (Wildman–Crippen LogP) is 5.79. The maximum atomic E-state index is 13.3. The molecule has 186 valence electrons. The van der Waals surface area contributed by atoms with Gasteiger partial charge in [0.05, 0.1) is 30.5 Å². The van der Waals surface area contributed by atoms with Crippen LogP contribution in [0.5, 0.6) is 5.75 Å². The van der Waals surface area contributed by atoms with Gasteiger partial charge in [-0.05, 0) is 80.6 Å². The molecule has 2 amide bonds. The number of carbonyl (C=O) groups is 2. The molecule has 0 saturated heterocycles. The molecule has 0 aliphatic carbocycles. The number of methoxy groups -OCH3 is 1. The summed E-state index contributed by atoms with van der Waals surface area (Å²) in [6, 6.07) is 19.1. The first-order valence-corrected chi connectivity index (χ1v) is 11.7. The van der Waals surface area contributed by atoms with Crippen LogP contribution in [0.4, 0.5) is 11.4 Å². The number of aromatic nitrogens is 3. The van der Waals surface area contributed by atoms with E-state index in [0.29, 0.717) is 50.7 Å². The summed E-state index contributed by atoms with van der Waals surface area (Å²) in [6.07, 6.45) is 3.21. The van der Waals surface area contributed by atoms with E-state index in [9.17, 15) is 9.59 Å². The molecule has 2 N–H and O–H groups in total. The first kappa shape index (κ1) is 23.8. The molecule has 9 nitrogen and oxygen atoms in total. The molecule has 2 aromatic carbocycles. The van der Waals surface area contributed by atoms with Gasteiger partial charge in [0.25, 0.3) is 11.8 Å². The summed E-state index contributed by atoms with van der Waals surface area (Å²) in [6.45, 7) is 4.00. The van der Waals surface area contributed by atoms with Crippen LogP contribution in [0.1, 0.15) is 40.6 Å². The number of rotatable bonds is 7. The fourth-order valence-electron chi connectivity index (χ4n) is 3.92. The minimum absolute atomic E-state index is 0.0596. The van der Waals surface area contributed by atoms with Crippen molar-refractivity contribution in [3.8, 4) is 17.2 Å². The Labute approximate surface area is 213 Å². The number of anilines is 2. The topological polar surface area (TPSA) is 111 Å². The molecule has 3 heterocycles. The van der Waals surface area contributed by atoms with Gasteiger partial charge in [-0.25, -0.2) is 9.67 Å². The molecule has 0 bridgehead atoms. The van der Waals surface area contributed by atoms with E-state index < -0.39 is 0 Å². The highest BCUT2D eigenvalue weighted by atomic mass is 16.5. The van der Waals surface area contributed by atoms with E-state index in [1.54, 1.807) is 91.0 Å². The second kappa shape index (κ2) is 9.98. The van der Waals surface area contributed by atoms with E-state index in [4.69, 9.17) is 14.1 Å². The Bertz CT molecular complexity index is 1550. The number of nitrogens with zero attached hydrogens (tertiary/aromatic N) is 3. The monoisotopic (exact) mass is 495 g/mol. The molecule has 0 saturated carbocycles. The fraction of sp³-hybridized carbons (Fsp3) is 0.143. The second-order valence-corrected chi connectivity index (χ2v) is 8.67.